The minimum Gasteiger partial charge on any atom is -0.465 e. The van der Waals surface area contributed by atoms with E-state index in [0.717, 1.165) is 44.2 Å². The quantitative estimate of drug-likeness (QED) is 0.594. The maximum absolute atomic E-state index is 12.7. The highest BCUT2D eigenvalue weighted by molar-refractivity contribution is 5.83. The van der Waals surface area contributed by atoms with Crippen LogP contribution in [-0.2, 0) is 14.9 Å². The highest BCUT2D eigenvalue weighted by Crippen LogP contribution is 2.40. The first kappa shape index (κ1) is 16.0. The minimum absolute atomic E-state index is 0.0212. The summed E-state index contributed by atoms with van der Waals surface area (Å²) in [6.45, 7) is 1.47. The van der Waals surface area contributed by atoms with E-state index in [1.54, 1.807) is 0 Å². The molecule has 3 heteroatoms. The van der Waals surface area contributed by atoms with E-state index in [1.165, 1.54) is 6.42 Å². The van der Waals surface area contributed by atoms with Gasteiger partial charge in [0.25, 0.3) is 0 Å². The molecule has 0 aliphatic heterocycles. The number of hydrogen-bond donors (Lipinski definition) is 0. The topological polar surface area (TPSA) is 29.5 Å². The molecule has 0 aromatic heterocycles. The highest BCUT2D eigenvalue weighted by Gasteiger charge is 2.42. The standard InChI is InChI=1S/C18H27NO2/c1-19(2)14-9-15-21-17(20)18(12-7-4-8-13-18)16-10-5-3-6-11-16/h3,5-6,10-11H,4,7-9,12-15H2,1-2H3. The number of carbonyl (C=O) groups is 1. The number of esters is 1. The molecule has 0 saturated heterocycles. The van der Waals surface area contributed by atoms with Crippen LogP contribution in [0.4, 0.5) is 0 Å². The zero-order valence-electron chi connectivity index (χ0n) is 13.3. The van der Waals surface area contributed by atoms with Crippen molar-refractivity contribution in [3.8, 4) is 0 Å². The van der Waals surface area contributed by atoms with Crippen LogP contribution in [0.1, 0.15) is 44.1 Å². The van der Waals surface area contributed by atoms with Gasteiger partial charge in [-0.3, -0.25) is 4.79 Å². The molecule has 1 aliphatic rings. The van der Waals surface area contributed by atoms with Gasteiger partial charge in [-0.1, -0.05) is 49.6 Å². The van der Waals surface area contributed by atoms with Gasteiger partial charge in [-0.25, -0.2) is 0 Å². The van der Waals surface area contributed by atoms with Crippen molar-refractivity contribution < 1.29 is 9.53 Å². The maximum Gasteiger partial charge on any atom is 0.316 e. The van der Waals surface area contributed by atoms with E-state index in [4.69, 9.17) is 4.74 Å². The number of benzene rings is 1. The maximum atomic E-state index is 12.7. The molecule has 0 atom stereocenters. The van der Waals surface area contributed by atoms with Crippen LogP contribution < -0.4 is 0 Å². The lowest BCUT2D eigenvalue weighted by Crippen LogP contribution is -2.39. The van der Waals surface area contributed by atoms with Crippen LogP contribution in [-0.4, -0.2) is 38.1 Å². The van der Waals surface area contributed by atoms with E-state index in [2.05, 4.69) is 17.0 Å². The number of rotatable bonds is 6. The Morgan fingerprint density at radius 1 is 1.14 bits per heavy atom. The largest absolute Gasteiger partial charge is 0.465 e. The second-order valence-electron chi connectivity index (χ2n) is 6.30. The molecular weight excluding hydrogens is 262 g/mol. The molecule has 0 N–H and O–H groups in total. The molecule has 0 heterocycles. The van der Waals surface area contributed by atoms with E-state index >= 15 is 0 Å². The average Bonchev–Trinajstić information content (AvgIpc) is 2.52. The summed E-state index contributed by atoms with van der Waals surface area (Å²) in [5.74, 6) is -0.0212. The predicted octanol–water partition coefficient (Wildman–Crippen LogP) is 3.38. The molecule has 21 heavy (non-hydrogen) atoms. The SMILES string of the molecule is CN(C)CCCOC(=O)C1(c2ccccc2)CCCCC1. The van der Waals surface area contributed by atoms with Crippen LogP contribution in [0.25, 0.3) is 0 Å². The van der Waals surface area contributed by atoms with Gasteiger partial charge in [-0.2, -0.15) is 0 Å². The van der Waals surface area contributed by atoms with E-state index < -0.39 is 5.41 Å². The molecule has 1 aromatic rings. The predicted molar refractivity (Wildman–Crippen MR) is 85.3 cm³/mol. The van der Waals surface area contributed by atoms with Gasteiger partial charge in [0, 0.05) is 6.54 Å². The zero-order valence-corrected chi connectivity index (χ0v) is 13.3. The van der Waals surface area contributed by atoms with Gasteiger partial charge in [-0.15, -0.1) is 0 Å². The molecular formula is C18H27NO2. The summed E-state index contributed by atoms with van der Waals surface area (Å²) in [6.07, 6.45) is 6.18. The molecule has 3 nitrogen and oxygen atoms in total. The molecule has 1 saturated carbocycles. The third-order valence-electron chi connectivity index (χ3n) is 4.41. The van der Waals surface area contributed by atoms with Gasteiger partial charge in [0.1, 0.15) is 0 Å². The minimum atomic E-state index is -0.405. The second-order valence-corrected chi connectivity index (χ2v) is 6.30. The van der Waals surface area contributed by atoms with Gasteiger partial charge < -0.3 is 9.64 Å². The van der Waals surface area contributed by atoms with Crippen molar-refractivity contribution in [3.63, 3.8) is 0 Å². The van der Waals surface area contributed by atoms with Crippen LogP contribution in [0.2, 0.25) is 0 Å². The molecule has 1 aromatic carbocycles. The first-order valence-corrected chi connectivity index (χ1v) is 8.03. The molecule has 0 unspecified atom stereocenters. The van der Waals surface area contributed by atoms with Gasteiger partial charge >= 0.3 is 5.97 Å². The summed E-state index contributed by atoms with van der Waals surface area (Å²) in [5, 5.41) is 0. The highest BCUT2D eigenvalue weighted by atomic mass is 16.5. The molecule has 116 valence electrons. The molecule has 0 radical (unpaired) electrons. The third-order valence-corrected chi connectivity index (χ3v) is 4.41. The van der Waals surface area contributed by atoms with Gasteiger partial charge in [0.2, 0.25) is 0 Å². The average molecular weight is 289 g/mol. The summed E-state index contributed by atoms with van der Waals surface area (Å²) in [7, 11) is 4.07. The fourth-order valence-electron chi connectivity index (χ4n) is 3.21. The Kier molecular flexibility index (Phi) is 5.80. The summed E-state index contributed by atoms with van der Waals surface area (Å²) < 4.78 is 5.62. The fraction of sp³-hybridized carbons (Fsp3) is 0.611. The summed E-state index contributed by atoms with van der Waals surface area (Å²) in [4.78, 5) is 14.8. The summed E-state index contributed by atoms with van der Waals surface area (Å²) in [5.41, 5.74) is 0.722. The van der Waals surface area contributed by atoms with E-state index in [0.29, 0.717) is 6.61 Å². The van der Waals surface area contributed by atoms with Gasteiger partial charge in [0.15, 0.2) is 0 Å². The monoisotopic (exact) mass is 289 g/mol. The fourth-order valence-corrected chi connectivity index (χ4v) is 3.21. The lowest BCUT2D eigenvalue weighted by Gasteiger charge is -2.35. The Labute approximate surface area is 128 Å². The zero-order chi connectivity index (χ0) is 15.1. The Morgan fingerprint density at radius 3 is 2.43 bits per heavy atom. The van der Waals surface area contributed by atoms with Crippen molar-refractivity contribution in [2.75, 3.05) is 27.2 Å². The third kappa shape index (κ3) is 4.07. The second kappa shape index (κ2) is 7.60. The lowest BCUT2D eigenvalue weighted by molar-refractivity contribution is -0.152. The van der Waals surface area contributed by atoms with Gasteiger partial charge in [0.05, 0.1) is 12.0 Å². The lowest BCUT2D eigenvalue weighted by atomic mass is 9.69. The van der Waals surface area contributed by atoms with Crippen LogP contribution in [0.5, 0.6) is 0 Å². The Balaban J connectivity index is 2.04. The summed E-state index contributed by atoms with van der Waals surface area (Å²) in [6, 6.07) is 10.2. The van der Waals surface area contributed by atoms with E-state index in [-0.39, 0.29) is 5.97 Å². The number of hydrogen-bond acceptors (Lipinski definition) is 3. The molecule has 1 fully saturated rings. The first-order chi connectivity index (χ1) is 10.1. The first-order valence-electron chi connectivity index (χ1n) is 8.03. The molecule has 1 aliphatic carbocycles. The van der Waals surface area contributed by atoms with Crippen LogP contribution in [0, 0.1) is 0 Å². The van der Waals surface area contributed by atoms with Crippen molar-refractivity contribution in [3.05, 3.63) is 35.9 Å². The normalized spacial score (nSPS) is 17.7. The van der Waals surface area contributed by atoms with E-state index in [1.807, 2.05) is 32.3 Å². The van der Waals surface area contributed by atoms with Crippen molar-refractivity contribution in [1.82, 2.24) is 4.90 Å². The molecule has 0 amide bonds. The van der Waals surface area contributed by atoms with Crippen LogP contribution >= 0.6 is 0 Å². The molecule has 0 spiro atoms. The van der Waals surface area contributed by atoms with Crippen molar-refractivity contribution >= 4 is 5.97 Å². The number of ether oxygens (including phenoxy) is 1. The Hall–Kier alpha value is -1.35. The molecule has 0 bridgehead atoms. The van der Waals surface area contributed by atoms with Crippen molar-refractivity contribution in [2.45, 2.75) is 43.9 Å². The Morgan fingerprint density at radius 2 is 1.81 bits per heavy atom. The van der Waals surface area contributed by atoms with Crippen molar-refractivity contribution in [1.29, 1.82) is 0 Å². The number of nitrogens with zero attached hydrogens (tertiary/aromatic N) is 1. The smallest absolute Gasteiger partial charge is 0.316 e. The van der Waals surface area contributed by atoms with Gasteiger partial charge in [-0.05, 0) is 38.9 Å². The van der Waals surface area contributed by atoms with Crippen LogP contribution in [0.3, 0.4) is 0 Å². The van der Waals surface area contributed by atoms with Crippen LogP contribution in [0.15, 0.2) is 30.3 Å². The van der Waals surface area contributed by atoms with Crippen molar-refractivity contribution in [2.24, 2.45) is 0 Å². The van der Waals surface area contributed by atoms with E-state index in [9.17, 15) is 4.79 Å². The number of carbonyl (C=O) groups excluding carboxylic acids is 1. The Bertz CT molecular complexity index is 436. The summed E-state index contributed by atoms with van der Waals surface area (Å²) >= 11 is 0. The molecule has 2 rings (SSSR count).